The normalized spacial score (nSPS) is 10.4. The molecule has 0 aliphatic carbocycles. The van der Waals surface area contributed by atoms with Gasteiger partial charge in [0.15, 0.2) is 0 Å². The fourth-order valence-electron chi connectivity index (χ4n) is 2.52. The van der Waals surface area contributed by atoms with Crippen molar-refractivity contribution >= 4 is 63.7 Å². The van der Waals surface area contributed by atoms with Gasteiger partial charge in [-0.05, 0) is 42.5 Å². The van der Waals surface area contributed by atoms with Gasteiger partial charge in [0.05, 0.1) is 26.2 Å². The van der Waals surface area contributed by atoms with E-state index >= 15 is 0 Å². The summed E-state index contributed by atoms with van der Waals surface area (Å²) in [5.41, 5.74) is 0.801. The molecule has 152 valence electrons. The summed E-state index contributed by atoms with van der Waals surface area (Å²) in [7, 11) is 0. The summed E-state index contributed by atoms with van der Waals surface area (Å²) < 4.78 is 0. The molecule has 2 N–H and O–H groups in total. The van der Waals surface area contributed by atoms with Crippen molar-refractivity contribution in [3.05, 3.63) is 97.0 Å². The number of nitrogens with one attached hydrogen (secondary N) is 2. The summed E-state index contributed by atoms with van der Waals surface area (Å²) in [6.07, 6.45) is 0. The average Bonchev–Trinajstić information content (AvgIpc) is 2.70. The zero-order chi connectivity index (χ0) is 21.8. The molecule has 0 heterocycles. The van der Waals surface area contributed by atoms with Crippen molar-refractivity contribution in [1.82, 2.24) is 0 Å². The molecule has 3 aromatic rings. The Balaban J connectivity index is 1.73. The summed E-state index contributed by atoms with van der Waals surface area (Å²) in [5.74, 6) is -1.02. The molecule has 0 saturated carbocycles. The van der Waals surface area contributed by atoms with Crippen LogP contribution >= 0.6 is 34.8 Å². The lowest BCUT2D eigenvalue weighted by Crippen LogP contribution is -2.14. The maximum absolute atomic E-state index is 12.4. The van der Waals surface area contributed by atoms with Crippen molar-refractivity contribution in [2.24, 2.45) is 0 Å². The van der Waals surface area contributed by atoms with E-state index in [1.807, 2.05) is 0 Å². The van der Waals surface area contributed by atoms with Gasteiger partial charge in [0.1, 0.15) is 0 Å². The largest absolute Gasteiger partial charge is 0.322 e. The molecule has 0 unspecified atom stereocenters. The first-order valence-corrected chi connectivity index (χ1v) is 9.50. The molecule has 0 fully saturated rings. The van der Waals surface area contributed by atoms with E-state index in [-0.39, 0.29) is 26.9 Å². The lowest BCUT2D eigenvalue weighted by atomic mass is 10.1. The van der Waals surface area contributed by atoms with Crippen LogP contribution in [-0.4, -0.2) is 16.7 Å². The molecule has 2 amide bonds. The molecule has 0 atom stereocenters. The summed E-state index contributed by atoms with van der Waals surface area (Å²) in [6, 6.07) is 14.3. The van der Waals surface area contributed by atoms with Crippen LogP contribution < -0.4 is 10.6 Å². The Morgan fingerprint density at radius 2 is 1.60 bits per heavy atom. The number of carbonyl (C=O) groups excluding carboxylic acids is 2. The Kier molecular flexibility index (Phi) is 6.56. The molecule has 0 saturated heterocycles. The SMILES string of the molecule is O=C(Nc1ccc(NC(=O)c2ccc(Cl)cc2Cl)c(Cl)c1)c1cccc([N+](=O)[O-])c1. The molecule has 3 rings (SSSR count). The van der Waals surface area contributed by atoms with Gasteiger partial charge < -0.3 is 10.6 Å². The van der Waals surface area contributed by atoms with E-state index in [9.17, 15) is 19.7 Å². The second kappa shape index (κ2) is 9.13. The first kappa shape index (κ1) is 21.6. The highest BCUT2D eigenvalue weighted by atomic mass is 35.5. The first-order valence-electron chi connectivity index (χ1n) is 8.36. The number of nitrogens with zero attached hydrogens (tertiary/aromatic N) is 1. The van der Waals surface area contributed by atoms with Crippen LogP contribution in [0.15, 0.2) is 60.7 Å². The summed E-state index contributed by atoms with van der Waals surface area (Å²) in [4.78, 5) is 35.0. The minimum absolute atomic E-state index is 0.120. The molecule has 30 heavy (non-hydrogen) atoms. The maximum Gasteiger partial charge on any atom is 0.270 e. The number of carbonyl (C=O) groups is 2. The minimum Gasteiger partial charge on any atom is -0.322 e. The van der Waals surface area contributed by atoms with Crippen LogP contribution in [0.5, 0.6) is 0 Å². The van der Waals surface area contributed by atoms with Crippen molar-refractivity contribution in [1.29, 1.82) is 0 Å². The van der Waals surface area contributed by atoms with E-state index < -0.39 is 16.7 Å². The Labute approximate surface area is 185 Å². The van der Waals surface area contributed by atoms with E-state index in [2.05, 4.69) is 10.6 Å². The highest BCUT2D eigenvalue weighted by Gasteiger charge is 2.15. The van der Waals surface area contributed by atoms with E-state index in [0.717, 1.165) is 0 Å². The number of hydrogen-bond acceptors (Lipinski definition) is 4. The fraction of sp³-hybridized carbons (Fsp3) is 0. The number of halogens is 3. The summed E-state index contributed by atoms with van der Waals surface area (Å²) in [5, 5.41) is 16.8. The topological polar surface area (TPSA) is 101 Å². The monoisotopic (exact) mass is 463 g/mol. The maximum atomic E-state index is 12.4. The van der Waals surface area contributed by atoms with Gasteiger partial charge in [0.2, 0.25) is 0 Å². The van der Waals surface area contributed by atoms with E-state index in [1.165, 1.54) is 60.7 Å². The second-order valence-electron chi connectivity index (χ2n) is 6.03. The number of nitro groups is 1. The third kappa shape index (κ3) is 5.07. The van der Waals surface area contributed by atoms with E-state index in [4.69, 9.17) is 34.8 Å². The third-order valence-electron chi connectivity index (χ3n) is 3.97. The highest BCUT2D eigenvalue weighted by Crippen LogP contribution is 2.28. The minimum atomic E-state index is -0.585. The van der Waals surface area contributed by atoms with E-state index in [0.29, 0.717) is 16.4 Å². The van der Waals surface area contributed by atoms with Gasteiger partial charge in [-0.1, -0.05) is 40.9 Å². The van der Waals surface area contributed by atoms with Gasteiger partial charge in [-0.2, -0.15) is 0 Å². The van der Waals surface area contributed by atoms with Gasteiger partial charge in [-0.15, -0.1) is 0 Å². The van der Waals surface area contributed by atoms with Crippen LogP contribution in [-0.2, 0) is 0 Å². The predicted octanol–water partition coefficient (Wildman–Crippen LogP) is 6.06. The molecule has 3 aromatic carbocycles. The van der Waals surface area contributed by atoms with Gasteiger partial charge in [0, 0.05) is 28.4 Å². The third-order valence-corrected chi connectivity index (χ3v) is 4.83. The number of amides is 2. The number of non-ortho nitro benzene ring substituents is 1. The van der Waals surface area contributed by atoms with Crippen molar-refractivity contribution in [3.63, 3.8) is 0 Å². The Hall–Kier alpha value is -3.13. The number of hydrogen-bond donors (Lipinski definition) is 2. The van der Waals surface area contributed by atoms with Gasteiger partial charge in [-0.3, -0.25) is 19.7 Å². The molecule has 10 heteroatoms. The standard InChI is InChI=1S/C20H12Cl3N3O4/c21-12-4-6-15(16(22)9-12)20(28)25-18-7-5-13(10-17(18)23)24-19(27)11-2-1-3-14(8-11)26(29)30/h1-10H,(H,24,27)(H,25,28). The molecular weight excluding hydrogens is 453 g/mol. The van der Waals surface area contributed by atoms with Crippen LogP contribution in [0.1, 0.15) is 20.7 Å². The Morgan fingerprint density at radius 3 is 2.27 bits per heavy atom. The predicted molar refractivity (Wildman–Crippen MR) is 117 cm³/mol. The number of rotatable bonds is 5. The number of nitro benzene ring substituents is 1. The summed E-state index contributed by atoms with van der Waals surface area (Å²) >= 11 is 18.1. The first-order chi connectivity index (χ1) is 14.2. The average molecular weight is 465 g/mol. The number of anilines is 2. The molecule has 0 aliphatic heterocycles. The van der Waals surface area contributed by atoms with Crippen LogP contribution in [0.4, 0.5) is 17.1 Å². The van der Waals surface area contributed by atoms with E-state index in [1.54, 1.807) is 0 Å². The number of benzene rings is 3. The molecule has 0 bridgehead atoms. The van der Waals surface area contributed by atoms with Crippen LogP contribution in [0.3, 0.4) is 0 Å². The lowest BCUT2D eigenvalue weighted by Gasteiger charge is -2.11. The van der Waals surface area contributed by atoms with Gasteiger partial charge in [-0.25, -0.2) is 0 Å². The van der Waals surface area contributed by atoms with Crippen molar-refractivity contribution in [3.8, 4) is 0 Å². The zero-order valence-electron chi connectivity index (χ0n) is 15.0. The highest BCUT2D eigenvalue weighted by molar-refractivity contribution is 6.38. The molecule has 7 nitrogen and oxygen atoms in total. The fourth-order valence-corrected chi connectivity index (χ4v) is 3.24. The van der Waals surface area contributed by atoms with Crippen LogP contribution in [0, 0.1) is 10.1 Å². The van der Waals surface area contributed by atoms with Gasteiger partial charge >= 0.3 is 0 Å². The van der Waals surface area contributed by atoms with Crippen LogP contribution in [0.2, 0.25) is 15.1 Å². The lowest BCUT2D eigenvalue weighted by molar-refractivity contribution is -0.384. The molecule has 0 radical (unpaired) electrons. The molecule has 0 aromatic heterocycles. The molecule has 0 aliphatic rings. The Morgan fingerprint density at radius 1 is 0.833 bits per heavy atom. The quantitative estimate of drug-likeness (QED) is 0.354. The molecular formula is C20H12Cl3N3O4. The van der Waals surface area contributed by atoms with Crippen molar-refractivity contribution in [2.75, 3.05) is 10.6 Å². The zero-order valence-corrected chi connectivity index (χ0v) is 17.3. The summed E-state index contributed by atoms with van der Waals surface area (Å²) in [6.45, 7) is 0. The van der Waals surface area contributed by atoms with Crippen molar-refractivity contribution in [2.45, 2.75) is 0 Å². The van der Waals surface area contributed by atoms with Gasteiger partial charge in [0.25, 0.3) is 17.5 Å². The molecule has 0 spiro atoms. The smallest absolute Gasteiger partial charge is 0.270 e. The van der Waals surface area contributed by atoms with Crippen LogP contribution in [0.25, 0.3) is 0 Å². The Bertz CT molecular complexity index is 1170. The second-order valence-corrected chi connectivity index (χ2v) is 7.29. The van der Waals surface area contributed by atoms with Crippen molar-refractivity contribution < 1.29 is 14.5 Å².